The average molecular weight is 377 g/mol. The van der Waals surface area contributed by atoms with Crippen molar-refractivity contribution in [3.05, 3.63) is 35.9 Å². The molecular formula is C19H27N3O5. The van der Waals surface area contributed by atoms with E-state index in [-0.39, 0.29) is 18.4 Å². The summed E-state index contributed by atoms with van der Waals surface area (Å²) in [7, 11) is 1.27. The Morgan fingerprint density at radius 3 is 2.56 bits per heavy atom. The molecule has 0 aliphatic heterocycles. The van der Waals surface area contributed by atoms with E-state index in [9.17, 15) is 14.4 Å². The van der Waals surface area contributed by atoms with Crippen LogP contribution < -0.4 is 16.4 Å². The Bertz CT molecular complexity index is 633. The Morgan fingerprint density at radius 2 is 1.93 bits per heavy atom. The molecule has 4 N–H and O–H groups in total. The molecule has 0 bridgehead atoms. The number of nitrogens with two attached hydrogens (primary N) is 1. The van der Waals surface area contributed by atoms with Crippen LogP contribution in [0.2, 0.25) is 0 Å². The zero-order valence-corrected chi connectivity index (χ0v) is 15.5. The van der Waals surface area contributed by atoms with Crippen molar-refractivity contribution in [3.63, 3.8) is 0 Å². The second-order valence-electron chi connectivity index (χ2n) is 6.58. The van der Waals surface area contributed by atoms with E-state index < -0.39 is 24.1 Å². The molecule has 0 saturated heterocycles. The Kier molecular flexibility index (Phi) is 8.06. The van der Waals surface area contributed by atoms with Gasteiger partial charge in [-0.15, -0.1) is 0 Å². The highest BCUT2D eigenvalue weighted by Gasteiger charge is 2.35. The maximum atomic E-state index is 12.1. The molecule has 8 heteroatoms. The predicted octanol–water partition coefficient (Wildman–Crippen LogP) is 1.09. The minimum absolute atomic E-state index is 0.187. The van der Waals surface area contributed by atoms with Crippen LogP contribution >= 0.6 is 0 Å². The van der Waals surface area contributed by atoms with Crippen molar-refractivity contribution in [2.75, 3.05) is 13.7 Å². The van der Waals surface area contributed by atoms with Crippen LogP contribution in [0, 0.1) is 5.92 Å². The highest BCUT2D eigenvalue weighted by atomic mass is 16.5. The number of rotatable bonds is 10. The molecule has 2 atom stereocenters. The second-order valence-corrected chi connectivity index (χ2v) is 6.58. The number of nitrogens with one attached hydrogen (secondary N) is 2. The topological polar surface area (TPSA) is 120 Å². The van der Waals surface area contributed by atoms with E-state index in [1.165, 1.54) is 7.11 Å². The largest absolute Gasteiger partial charge is 0.467 e. The first-order chi connectivity index (χ1) is 13.0. The highest BCUT2D eigenvalue weighted by Crippen LogP contribution is 2.31. The maximum Gasteiger partial charge on any atom is 0.407 e. The van der Waals surface area contributed by atoms with Crippen molar-refractivity contribution in [2.45, 2.75) is 44.4 Å². The third kappa shape index (κ3) is 7.26. The number of alkyl carbamates (subject to hydrolysis) is 1. The molecule has 1 aliphatic rings. The summed E-state index contributed by atoms with van der Waals surface area (Å²) in [5.74, 6) is -0.675. The molecule has 148 valence electrons. The van der Waals surface area contributed by atoms with Crippen LogP contribution in [-0.4, -0.2) is 43.7 Å². The van der Waals surface area contributed by atoms with Crippen molar-refractivity contribution in [3.8, 4) is 0 Å². The number of hydrogen-bond acceptors (Lipinski definition) is 6. The van der Waals surface area contributed by atoms with Gasteiger partial charge in [0.05, 0.1) is 13.2 Å². The predicted molar refractivity (Wildman–Crippen MR) is 98.5 cm³/mol. The summed E-state index contributed by atoms with van der Waals surface area (Å²) in [4.78, 5) is 35.6. The van der Waals surface area contributed by atoms with Gasteiger partial charge in [-0.1, -0.05) is 30.3 Å². The molecule has 0 spiro atoms. The van der Waals surface area contributed by atoms with E-state index in [1.807, 2.05) is 30.3 Å². The lowest BCUT2D eigenvalue weighted by molar-refractivity contribution is -0.145. The molecule has 1 aromatic rings. The molecule has 1 aromatic carbocycles. The van der Waals surface area contributed by atoms with Crippen molar-refractivity contribution < 1.29 is 23.9 Å². The summed E-state index contributed by atoms with van der Waals surface area (Å²) in [5, 5.41) is 5.26. The molecule has 0 unspecified atom stereocenters. The van der Waals surface area contributed by atoms with Gasteiger partial charge in [-0.05, 0) is 37.2 Å². The minimum Gasteiger partial charge on any atom is -0.467 e. The van der Waals surface area contributed by atoms with Crippen LogP contribution in [0.25, 0.3) is 0 Å². The Balaban J connectivity index is 1.67. The summed E-state index contributed by atoms with van der Waals surface area (Å²) >= 11 is 0. The maximum absolute atomic E-state index is 12.1. The van der Waals surface area contributed by atoms with Crippen molar-refractivity contribution >= 4 is 18.0 Å². The van der Waals surface area contributed by atoms with Crippen LogP contribution in [0.3, 0.4) is 0 Å². The van der Waals surface area contributed by atoms with Crippen LogP contribution in [0.1, 0.15) is 31.2 Å². The van der Waals surface area contributed by atoms with E-state index in [0.717, 1.165) is 18.4 Å². The first-order valence-electron chi connectivity index (χ1n) is 9.09. The van der Waals surface area contributed by atoms with Gasteiger partial charge in [-0.3, -0.25) is 4.79 Å². The Hall–Kier alpha value is -2.61. The average Bonchev–Trinajstić information content (AvgIpc) is 3.53. The summed E-state index contributed by atoms with van der Waals surface area (Å²) in [5.41, 5.74) is 6.75. The van der Waals surface area contributed by atoms with Gasteiger partial charge in [-0.25, -0.2) is 9.59 Å². The van der Waals surface area contributed by atoms with Gasteiger partial charge in [-0.2, -0.15) is 0 Å². The standard InChI is InChI=1S/C19H27N3O5/c1-26-18(24)15(22-17(23)16(20)14-9-10-14)8-5-11-21-19(25)27-12-13-6-3-2-4-7-13/h2-4,6-7,14-16H,5,8-12,20H2,1H3,(H,21,25)(H,22,23)/t15-,16-/m0/s1. The number of methoxy groups -OCH3 is 1. The van der Waals surface area contributed by atoms with E-state index in [2.05, 4.69) is 10.6 Å². The number of benzene rings is 1. The Morgan fingerprint density at radius 1 is 1.22 bits per heavy atom. The van der Waals surface area contributed by atoms with E-state index in [0.29, 0.717) is 19.4 Å². The zero-order valence-electron chi connectivity index (χ0n) is 15.5. The molecule has 8 nitrogen and oxygen atoms in total. The molecular weight excluding hydrogens is 350 g/mol. The molecule has 1 aliphatic carbocycles. The van der Waals surface area contributed by atoms with Gasteiger partial charge in [0.15, 0.2) is 0 Å². The Labute approximate surface area is 158 Å². The van der Waals surface area contributed by atoms with Gasteiger partial charge < -0.3 is 25.8 Å². The number of ether oxygens (including phenoxy) is 2. The van der Waals surface area contributed by atoms with Gasteiger partial charge in [0, 0.05) is 6.54 Å². The first-order valence-corrected chi connectivity index (χ1v) is 9.09. The lowest BCUT2D eigenvalue weighted by atomic mass is 10.1. The smallest absolute Gasteiger partial charge is 0.407 e. The normalized spacial score (nSPS) is 15.3. The number of amides is 2. The van der Waals surface area contributed by atoms with Crippen molar-refractivity contribution in [2.24, 2.45) is 11.7 Å². The molecule has 0 radical (unpaired) electrons. The lowest BCUT2D eigenvalue weighted by Gasteiger charge is -2.19. The fraction of sp³-hybridized carbons (Fsp3) is 0.526. The fourth-order valence-electron chi connectivity index (χ4n) is 2.60. The summed E-state index contributed by atoms with van der Waals surface area (Å²) in [6.07, 6.45) is 2.14. The van der Waals surface area contributed by atoms with Gasteiger partial charge in [0.1, 0.15) is 12.6 Å². The van der Waals surface area contributed by atoms with Crippen LogP contribution in [-0.2, 0) is 25.7 Å². The summed E-state index contributed by atoms with van der Waals surface area (Å²) in [6, 6.07) is 7.97. The molecule has 2 amide bonds. The van der Waals surface area contributed by atoms with Gasteiger partial charge in [0.25, 0.3) is 0 Å². The molecule has 27 heavy (non-hydrogen) atoms. The fourth-order valence-corrected chi connectivity index (χ4v) is 2.60. The summed E-state index contributed by atoms with van der Waals surface area (Å²) in [6.45, 7) is 0.498. The number of carbonyl (C=O) groups excluding carboxylic acids is 3. The van der Waals surface area contributed by atoms with E-state index in [1.54, 1.807) is 0 Å². The third-order valence-electron chi connectivity index (χ3n) is 4.39. The first kappa shape index (κ1) is 20.7. The molecule has 0 heterocycles. The van der Waals surface area contributed by atoms with Gasteiger partial charge >= 0.3 is 12.1 Å². The number of hydrogen-bond donors (Lipinski definition) is 3. The molecule has 2 rings (SSSR count). The van der Waals surface area contributed by atoms with E-state index >= 15 is 0 Å². The SMILES string of the molecule is COC(=O)[C@H](CCCNC(=O)OCc1ccccc1)NC(=O)[C@@H](N)C1CC1. The van der Waals surface area contributed by atoms with E-state index in [4.69, 9.17) is 15.2 Å². The minimum atomic E-state index is -0.783. The third-order valence-corrected chi connectivity index (χ3v) is 4.39. The summed E-state index contributed by atoms with van der Waals surface area (Å²) < 4.78 is 9.83. The van der Waals surface area contributed by atoms with Crippen LogP contribution in [0.4, 0.5) is 4.79 Å². The zero-order chi connectivity index (χ0) is 19.6. The number of esters is 1. The molecule has 1 fully saturated rings. The molecule has 0 aromatic heterocycles. The molecule has 1 saturated carbocycles. The van der Waals surface area contributed by atoms with Crippen LogP contribution in [0.15, 0.2) is 30.3 Å². The lowest BCUT2D eigenvalue weighted by Crippen LogP contribution is -2.49. The monoisotopic (exact) mass is 377 g/mol. The number of carbonyl (C=O) groups is 3. The van der Waals surface area contributed by atoms with Crippen molar-refractivity contribution in [1.29, 1.82) is 0 Å². The highest BCUT2D eigenvalue weighted by molar-refractivity contribution is 5.87. The second kappa shape index (κ2) is 10.5. The van der Waals surface area contributed by atoms with Crippen LogP contribution in [0.5, 0.6) is 0 Å². The quantitative estimate of drug-likeness (QED) is 0.415. The van der Waals surface area contributed by atoms with Crippen molar-refractivity contribution in [1.82, 2.24) is 10.6 Å². The van der Waals surface area contributed by atoms with Gasteiger partial charge in [0.2, 0.25) is 5.91 Å².